The topological polar surface area (TPSA) is 59.6 Å². The third kappa shape index (κ3) is 3.64. The van der Waals surface area contributed by atoms with Crippen molar-refractivity contribution in [3.63, 3.8) is 0 Å². The fraction of sp³-hybridized carbons (Fsp3) is 0.250. The van der Waals surface area contributed by atoms with Crippen LogP contribution in [-0.4, -0.2) is 35.4 Å². The highest BCUT2D eigenvalue weighted by atomic mass is 16.3. The van der Waals surface area contributed by atoms with Crippen LogP contribution in [0.15, 0.2) is 48.1 Å². The Bertz CT molecular complexity index is 575. The molecule has 1 aromatic carbocycles. The molecule has 102 valence electrons. The quantitative estimate of drug-likeness (QED) is 0.655. The van der Waals surface area contributed by atoms with E-state index in [-0.39, 0.29) is 11.8 Å². The van der Waals surface area contributed by atoms with Crippen LogP contribution in [0.5, 0.6) is 0 Å². The molecule has 1 fully saturated rings. The summed E-state index contributed by atoms with van der Waals surface area (Å²) in [4.78, 5) is 6.09. The summed E-state index contributed by atoms with van der Waals surface area (Å²) in [5.41, 5.74) is 3.07. The number of nitrogens with zero attached hydrogens (tertiary/aromatic N) is 3. The van der Waals surface area contributed by atoms with Crippen molar-refractivity contribution < 1.29 is 5.11 Å². The van der Waals surface area contributed by atoms with Crippen LogP contribution in [-0.2, 0) is 6.54 Å². The van der Waals surface area contributed by atoms with E-state index < -0.39 is 0 Å². The molecule has 1 saturated heterocycles. The SMILES string of the molecule is C=C(C#N)N=CC(=C)c1ccc(CN2CC(O)C2)cc1. The summed E-state index contributed by atoms with van der Waals surface area (Å²) in [6.45, 7) is 9.74. The van der Waals surface area contributed by atoms with Crippen molar-refractivity contribution in [1.82, 2.24) is 4.90 Å². The van der Waals surface area contributed by atoms with Crippen molar-refractivity contribution in [3.8, 4) is 6.07 Å². The Hall–Kier alpha value is -2.22. The van der Waals surface area contributed by atoms with Gasteiger partial charge in [-0.2, -0.15) is 5.26 Å². The van der Waals surface area contributed by atoms with Gasteiger partial charge in [-0.15, -0.1) is 0 Å². The second-order valence-corrected chi connectivity index (χ2v) is 4.89. The van der Waals surface area contributed by atoms with Crippen LogP contribution < -0.4 is 0 Å². The molecule has 0 amide bonds. The Labute approximate surface area is 119 Å². The number of hydrogen-bond donors (Lipinski definition) is 1. The number of β-amino-alcohol motifs (C(OH)–C–C–N with tert-alkyl or cyclic N) is 1. The highest BCUT2D eigenvalue weighted by Gasteiger charge is 2.23. The second-order valence-electron chi connectivity index (χ2n) is 4.89. The Morgan fingerprint density at radius 3 is 2.60 bits per heavy atom. The summed E-state index contributed by atoms with van der Waals surface area (Å²) < 4.78 is 0. The summed E-state index contributed by atoms with van der Waals surface area (Å²) in [5, 5.41) is 17.8. The molecule has 0 aromatic heterocycles. The fourth-order valence-electron chi connectivity index (χ4n) is 2.01. The van der Waals surface area contributed by atoms with E-state index in [1.54, 1.807) is 6.21 Å². The second kappa shape index (κ2) is 6.29. The van der Waals surface area contributed by atoms with Crippen LogP contribution in [0.4, 0.5) is 0 Å². The number of aliphatic hydroxyl groups is 1. The number of allylic oxidation sites excluding steroid dienone is 2. The molecular formula is C16H17N3O. The molecule has 1 aliphatic rings. The van der Waals surface area contributed by atoms with Crippen molar-refractivity contribution in [3.05, 3.63) is 54.2 Å². The lowest BCUT2D eigenvalue weighted by molar-refractivity contribution is -0.00286. The highest BCUT2D eigenvalue weighted by molar-refractivity contribution is 6.09. The molecular weight excluding hydrogens is 250 g/mol. The first-order valence-corrected chi connectivity index (χ1v) is 6.40. The molecule has 0 bridgehead atoms. The predicted molar refractivity (Wildman–Crippen MR) is 80.0 cm³/mol. The van der Waals surface area contributed by atoms with Gasteiger partial charge in [0.2, 0.25) is 0 Å². The van der Waals surface area contributed by atoms with Gasteiger partial charge in [0.1, 0.15) is 11.8 Å². The van der Waals surface area contributed by atoms with Gasteiger partial charge < -0.3 is 5.11 Å². The molecule has 1 aliphatic heterocycles. The zero-order valence-electron chi connectivity index (χ0n) is 11.3. The average molecular weight is 267 g/mol. The minimum atomic E-state index is -0.168. The van der Waals surface area contributed by atoms with E-state index in [1.165, 1.54) is 5.56 Å². The summed E-state index contributed by atoms with van der Waals surface area (Å²) in [6, 6.07) is 9.90. The van der Waals surface area contributed by atoms with E-state index in [9.17, 15) is 5.11 Å². The first-order chi connectivity index (χ1) is 9.58. The van der Waals surface area contributed by atoms with Crippen LogP contribution in [0.2, 0.25) is 0 Å². The summed E-state index contributed by atoms with van der Waals surface area (Å²) >= 11 is 0. The van der Waals surface area contributed by atoms with Gasteiger partial charge in [0, 0.05) is 25.8 Å². The normalized spacial score (nSPS) is 15.8. The van der Waals surface area contributed by atoms with Gasteiger partial charge in [0.05, 0.1) is 6.10 Å². The molecule has 2 rings (SSSR count). The Balaban J connectivity index is 1.94. The van der Waals surface area contributed by atoms with Gasteiger partial charge in [-0.3, -0.25) is 4.90 Å². The van der Waals surface area contributed by atoms with Gasteiger partial charge in [-0.1, -0.05) is 37.4 Å². The van der Waals surface area contributed by atoms with Gasteiger partial charge >= 0.3 is 0 Å². The lowest BCUT2D eigenvalue weighted by atomic mass is 10.0. The lowest BCUT2D eigenvalue weighted by Crippen LogP contribution is -2.49. The van der Waals surface area contributed by atoms with Gasteiger partial charge in [-0.05, 0) is 16.7 Å². The highest BCUT2D eigenvalue weighted by Crippen LogP contribution is 2.16. The van der Waals surface area contributed by atoms with E-state index in [2.05, 4.69) is 23.1 Å². The summed E-state index contributed by atoms with van der Waals surface area (Å²) in [6.07, 6.45) is 1.38. The van der Waals surface area contributed by atoms with E-state index in [0.717, 1.165) is 30.8 Å². The Kier molecular flexibility index (Phi) is 4.46. The standard InChI is InChI=1S/C16H17N3O/c1-12(8-18-13(2)7-17)15-5-3-14(4-6-15)9-19-10-16(20)11-19/h3-6,8,16,20H,1-2,9-11H2. The van der Waals surface area contributed by atoms with E-state index in [1.807, 2.05) is 30.3 Å². The van der Waals surface area contributed by atoms with Crippen molar-refractivity contribution in [2.24, 2.45) is 4.99 Å². The molecule has 0 aliphatic carbocycles. The smallest absolute Gasteiger partial charge is 0.133 e. The van der Waals surface area contributed by atoms with E-state index >= 15 is 0 Å². The predicted octanol–water partition coefficient (Wildman–Crippen LogP) is 1.98. The van der Waals surface area contributed by atoms with Crippen LogP contribution >= 0.6 is 0 Å². The maximum atomic E-state index is 9.24. The number of likely N-dealkylation sites (tertiary alicyclic amines) is 1. The van der Waals surface area contributed by atoms with Crippen molar-refractivity contribution in [1.29, 1.82) is 5.26 Å². The zero-order valence-corrected chi connectivity index (χ0v) is 11.3. The van der Waals surface area contributed by atoms with Crippen molar-refractivity contribution in [2.75, 3.05) is 13.1 Å². The molecule has 1 heterocycles. The fourth-order valence-corrected chi connectivity index (χ4v) is 2.01. The van der Waals surface area contributed by atoms with Crippen molar-refractivity contribution in [2.45, 2.75) is 12.6 Å². The van der Waals surface area contributed by atoms with Gasteiger partial charge in [-0.25, -0.2) is 4.99 Å². The van der Waals surface area contributed by atoms with Crippen molar-refractivity contribution >= 4 is 11.8 Å². The first kappa shape index (κ1) is 14.2. The molecule has 0 spiro atoms. The maximum absolute atomic E-state index is 9.24. The monoisotopic (exact) mass is 267 g/mol. The number of rotatable bonds is 5. The molecule has 0 atom stereocenters. The van der Waals surface area contributed by atoms with Crippen LogP contribution in [0.3, 0.4) is 0 Å². The number of nitriles is 1. The lowest BCUT2D eigenvalue weighted by Gasteiger charge is -2.35. The zero-order chi connectivity index (χ0) is 14.5. The number of aliphatic hydroxyl groups excluding tert-OH is 1. The van der Waals surface area contributed by atoms with Crippen LogP contribution in [0.1, 0.15) is 11.1 Å². The number of benzene rings is 1. The van der Waals surface area contributed by atoms with Crippen LogP contribution in [0.25, 0.3) is 5.57 Å². The minimum Gasteiger partial charge on any atom is -0.390 e. The minimum absolute atomic E-state index is 0.166. The number of aliphatic imine (C=N–C) groups is 1. The molecule has 1 N–H and O–H groups in total. The molecule has 4 nitrogen and oxygen atoms in total. The maximum Gasteiger partial charge on any atom is 0.133 e. The Morgan fingerprint density at radius 1 is 1.40 bits per heavy atom. The van der Waals surface area contributed by atoms with E-state index in [0.29, 0.717) is 0 Å². The molecule has 0 saturated carbocycles. The molecule has 20 heavy (non-hydrogen) atoms. The van der Waals surface area contributed by atoms with Gasteiger partial charge in [0.25, 0.3) is 0 Å². The van der Waals surface area contributed by atoms with E-state index in [4.69, 9.17) is 5.26 Å². The van der Waals surface area contributed by atoms with Crippen LogP contribution in [0, 0.1) is 11.3 Å². The molecule has 4 heteroatoms. The third-order valence-corrected chi connectivity index (χ3v) is 3.17. The molecule has 0 radical (unpaired) electrons. The Morgan fingerprint density at radius 2 is 2.05 bits per heavy atom. The molecule has 0 unspecified atom stereocenters. The number of hydrogen-bond acceptors (Lipinski definition) is 4. The molecule has 1 aromatic rings. The third-order valence-electron chi connectivity index (χ3n) is 3.17. The van der Waals surface area contributed by atoms with Gasteiger partial charge in [0.15, 0.2) is 0 Å². The largest absolute Gasteiger partial charge is 0.390 e. The first-order valence-electron chi connectivity index (χ1n) is 6.40. The summed E-state index contributed by atoms with van der Waals surface area (Å²) in [5.74, 6) is 0. The average Bonchev–Trinajstić information content (AvgIpc) is 2.43. The summed E-state index contributed by atoms with van der Waals surface area (Å²) in [7, 11) is 0.